The average Bonchev–Trinajstić information content (AvgIpc) is 2.88. The standard InChI is InChI=1S/C31H42Cl2N4O2.2ClH/c1-21-16-22(2)18-23(17-21)19-29(38)37-10-5-6-25(24-7-8-26(32)27(33)20-24)28(37)9-11-35-12-14-36(15-13-35)31(3,4)30(34)39;;/h7-8,16-18,20,25,28H,5-6,9-15,19H2,1-4H3,(H2,34,39);2*1H. The van der Waals surface area contributed by atoms with Crippen LogP contribution in [0.25, 0.3) is 0 Å². The zero-order valence-corrected chi connectivity index (χ0v) is 27.6. The molecule has 41 heavy (non-hydrogen) atoms. The van der Waals surface area contributed by atoms with Gasteiger partial charge in [0.25, 0.3) is 0 Å². The Bertz CT molecular complexity index is 1180. The van der Waals surface area contributed by atoms with Crippen molar-refractivity contribution >= 4 is 59.8 Å². The number of aryl methyl sites for hydroxylation is 2. The highest BCUT2D eigenvalue weighted by atomic mass is 35.5. The van der Waals surface area contributed by atoms with Gasteiger partial charge in [-0.25, -0.2) is 0 Å². The number of benzene rings is 2. The van der Waals surface area contributed by atoms with Gasteiger partial charge >= 0.3 is 0 Å². The van der Waals surface area contributed by atoms with Crippen LogP contribution in [0.1, 0.15) is 61.3 Å². The van der Waals surface area contributed by atoms with E-state index in [1.165, 1.54) is 11.1 Å². The van der Waals surface area contributed by atoms with Crippen molar-refractivity contribution < 1.29 is 9.59 Å². The molecule has 6 nitrogen and oxygen atoms in total. The van der Waals surface area contributed by atoms with Crippen LogP contribution in [-0.4, -0.2) is 77.4 Å². The second kappa shape index (κ2) is 15.3. The van der Waals surface area contributed by atoms with Crippen LogP contribution in [0, 0.1) is 13.8 Å². The lowest BCUT2D eigenvalue weighted by Crippen LogP contribution is -2.60. The van der Waals surface area contributed by atoms with E-state index in [1.54, 1.807) is 0 Å². The van der Waals surface area contributed by atoms with Gasteiger partial charge in [0.05, 0.1) is 22.0 Å². The second-order valence-electron chi connectivity index (χ2n) is 11.8. The van der Waals surface area contributed by atoms with E-state index in [2.05, 4.69) is 52.8 Å². The first kappa shape index (κ1) is 35.7. The highest BCUT2D eigenvalue weighted by Gasteiger charge is 2.37. The van der Waals surface area contributed by atoms with E-state index in [-0.39, 0.29) is 48.6 Å². The Morgan fingerprint density at radius 3 is 2.15 bits per heavy atom. The van der Waals surface area contributed by atoms with Gasteiger partial charge in [-0.05, 0) is 70.2 Å². The van der Waals surface area contributed by atoms with Crippen LogP contribution >= 0.6 is 48.0 Å². The smallest absolute Gasteiger partial charge is 0.237 e. The number of likely N-dealkylation sites (tertiary alicyclic amines) is 1. The second-order valence-corrected chi connectivity index (χ2v) is 12.6. The highest BCUT2D eigenvalue weighted by molar-refractivity contribution is 6.42. The van der Waals surface area contributed by atoms with Gasteiger partial charge in [0, 0.05) is 51.2 Å². The summed E-state index contributed by atoms with van der Waals surface area (Å²) in [6.45, 7) is 13.0. The number of amides is 2. The number of carbonyl (C=O) groups excluding carboxylic acids is 2. The molecule has 2 amide bonds. The summed E-state index contributed by atoms with van der Waals surface area (Å²) in [4.78, 5) is 32.5. The van der Waals surface area contributed by atoms with Gasteiger partial charge in [0.1, 0.15) is 0 Å². The van der Waals surface area contributed by atoms with Gasteiger partial charge in [0.2, 0.25) is 11.8 Å². The molecular formula is C31H44Cl4N4O2. The lowest BCUT2D eigenvalue weighted by Gasteiger charge is -2.45. The summed E-state index contributed by atoms with van der Waals surface area (Å²) < 4.78 is 0. The molecule has 2 N–H and O–H groups in total. The van der Waals surface area contributed by atoms with Gasteiger partial charge < -0.3 is 15.5 Å². The summed E-state index contributed by atoms with van der Waals surface area (Å²) in [6.07, 6.45) is 3.26. The summed E-state index contributed by atoms with van der Waals surface area (Å²) in [5.74, 6) is 0.0927. The number of halogens is 4. The first-order valence-electron chi connectivity index (χ1n) is 14.0. The molecule has 2 aliphatic rings. The predicted octanol–water partition coefficient (Wildman–Crippen LogP) is 6.04. The Kier molecular flexibility index (Phi) is 13.3. The van der Waals surface area contributed by atoms with Crippen molar-refractivity contribution in [1.29, 1.82) is 0 Å². The van der Waals surface area contributed by atoms with Crippen LogP contribution in [-0.2, 0) is 16.0 Å². The molecule has 2 atom stereocenters. The average molecular weight is 647 g/mol. The summed E-state index contributed by atoms with van der Waals surface area (Å²) in [5.41, 5.74) is 9.58. The third-order valence-corrected chi connectivity index (χ3v) is 9.35. The molecule has 0 aromatic heterocycles. The van der Waals surface area contributed by atoms with Crippen LogP contribution in [0.3, 0.4) is 0 Å². The molecule has 2 heterocycles. The predicted molar refractivity (Wildman–Crippen MR) is 174 cm³/mol. The Balaban J connectivity index is 0.00000294. The topological polar surface area (TPSA) is 69.9 Å². The molecule has 0 aliphatic carbocycles. The molecule has 0 radical (unpaired) electrons. The summed E-state index contributed by atoms with van der Waals surface area (Å²) in [5, 5.41) is 1.10. The SMILES string of the molecule is Cc1cc(C)cc(CC(=O)N2CCCC(c3ccc(Cl)c(Cl)c3)C2CCN2CCN(C(C)(C)C(N)=O)CC2)c1.Cl.Cl. The third kappa shape index (κ3) is 8.75. The van der Waals surface area contributed by atoms with Gasteiger partial charge in [0.15, 0.2) is 0 Å². The van der Waals surface area contributed by atoms with Crippen LogP contribution in [0.15, 0.2) is 36.4 Å². The van der Waals surface area contributed by atoms with Crippen molar-refractivity contribution in [3.05, 3.63) is 68.7 Å². The number of hydrogen-bond acceptors (Lipinski definition) is 4. The van der Waals surface area contributed by atoms with E-state index in [1.807, 2.05) is 26.0 Å². The summed E-state index contributed by atoms with van der Waals surface area (Å²) in [7, 11) is 0. The molecule has 4 rings (SSSR count). The number of primary amides is 1. The van der Waals surface area contributed by atoms with Crippen LogP contribution in [0.5, 0.6) is 0 Å². The van der Waals surface area contributed by atoms with E-state index in [0.29, 0.717) is 16.5 Å². The molecule has 2 aromatic carbocycles. The van der Waals surface area contributed by atoms with E-state index < -0.39 is 5.54 Å². The van der Waals surface area contributed by atoms with Crippen molar-refractivity contribution in [1.82, 2.24) is 14.7 Å². The molecule has 2 fully saturated rings. The van der Waals surface area contributed by atoms with Gasteiger partial charge in [-0.3, -0.25) is 14.5 Å². The zero-order valence-electron chi connectivity index (χ0n) is 24.5. The molecule has 2 unspecified atom stereocenters. The molecule has 0 spiro atoms. The lowest BCUT2D eigenvalue weighted by atomic mass is 9.81. The number of piperazine rings is 1. The molecule has 228 valence electrons. The minimum atomic E-state index is -0.647. The largest absolute Gasteiger partial charge is 0.368 e. The number of nitrogens with zero attached hydrogens (tertiary/aromatic N) is 3. The molecule has 2 aromatic rings. The number of hydrogen-bond donors (Lipinski definition) is 1. The minimum Gasteiger partial charge on any atom is -0.368 e. The molecule has 0 bridgehead atoms. The van der Waals surface area contributed by atoms with Gasteiger partial charge in [-0.1, -0.05) is 58.6 Å². The quantitative estimate of drug-likeness (QED) is 0.380. The number of nitrogens with two attached hydrogens (primary N) is 1. The number of carbonyl (C=O) groups is 2. The van der Waals surface area contributed by atoms with Gasteiger partial charge in [-0.15, -0.1) is 24.8 Å². The molecule has 2 aliphatic heterocycles. The van der Waals surface area contributed by atoms with Crippen LogP contribution in [0.2, 0.25) is 10.0 Å². The first-order chi connectivity index (χ1) is 18.5. The fraction of sp³-hybridized carbons (Fsp3) is 0.548. The minimum absolute atomic E-state index is 0. The highest BCUT2D eigenvalue weighted by Crippen LogP contribution is 2.37. The number of piperidine rings is 1. The molecule has 10 heteroatoms. The van der Waals surface area contributed by atoms with E-state index in [9.17, 15) is 9.59 Å². The van der Waals surface area contributed by atoms with Crippen molar-refractivity contribution in [3.63, 3.8) is 0 Å². The van der Waals surface area contributed by atoms with Crippen LogP contribution in [0.4, 0.5) is 0 Å². The Labute approximate surface area is 267 Å². The fourth-order valence-electron chi connectivity index (χ4n) is 6.30. The summed E-state index contributed by atoms with van der Waals surface area (Å²) >= 11 is 12.7. The van der Waals surface area contributed by atoms with E-state index in [0.717, 1.165) is 69.7 Å². The van der Waals surface area contributed by atoms with Crippen molar-refractivity contribution in [3.8, 4) is 0 Å². The number of rotatable bonds is 8. The monoisotopic (exact) mass is 644 g/mol. The van der Waals surface area contributed by atoms with E-state index in [4.69, 9.17) is 28.9 Å². The van der Waals surface area contributed by atoms with Crippen molar-refractivity contribution in [2.24, 2.45) is 5.73 Å². The van der Waals surface area contributed by atoms with Crippen molar-refractivity contribution in [2.45, 2.75) is 70.9 Å². The van der Waals surface area contributed by atoms with Crippen molar-refractivity contribution in [2.75, 3.05) is 39.3 Å². The lowest BCUT2D eigenvalue weighted by molar-refractivity contribution is -0.135. The maximum Gasteiger partial charge on any atom is 0.237 e. The maximum atomic E-state index is 13.8. The fourth-order valence-corrected chi connectivity index (χ4v) is 6.61. The Hall–Kier alpha value is -1.54. The Morgan fingerprint density at radius 1 is 0.927 bits per heavy atom. The zero-order chi connectivity index (χ0) is 28.3. The normalized spacial score (nSPS) is 20.2. The van der Waals surface area contributed by atoms with Gasteiger partial charge in [-0.2, -0.15) is 0 Å². The molecular weight excluding hydrogens is 602 g/mol. The Morgan fingerprint density at radius 2 is 1.56 bits per heavy atom. The molecule has 2 saturated heterocycles. The van der Waals surface area contributed by atoms with E-state index >= 15 is 0 Å². The first-order valence-corrected chi connectivity index (χ1v) is 14.8. The van der Waals surface area contributed by atoms with Crippen LogP contribution < -0.4 is 5.73 Å². The third-order valence-electron chi connectivity index (χ3n) is 8.61. The molecule has 0 saturated carbocycles. The maximum absolute atomic E-state index is 13.8. The summed E-state index contributed by atoms with van der Waals surface area (Å²) in [6, 6.07) is 12.4.